The Kier molecular flexibility index (Phi) is 2.00. The first kappa shape index (κ1) is 7.33. The molecule has 1 aliphatic heterocycles. The van der Waals surface area contributed by atoms with Gasteiger partial charge in [0.15, 0.2) is 15.3 Å². The summed E-state index contributed by atoms with van der Waals surface area (Å²) in [6.45, 7) is 0. The lowest BCUT2D eigenvalue weighted by Gasteiger charge is -2.02. The van der Waals surface area contributed by atoms with Crippen LogP contribution in [0.2, 0.25) is 0 Å². The van der Waals surface area contributed by atoms with Gasteiger partial charge in [-0.3, -0.25) is 5.32 Å². The van der Waals surface area contributed by atoms with Gasteiger partial charge in [0.2, 0.25) is 0 Å². The van der Waals surface area contributed by atoms with Crippen molar-refractivity contribution >= 4 is 21.8 Å². The van der Waals surface area contributed by atoms with Crippen LogP contribution in [-0.4, -0.2) is 26.0 Å². The Morgan fingerprint density at radius 1 is 1.78 bits per heavy atom. The second-order valence-corrected chi connectivity index (χ2v) is 4.63. The van der Waals surface area contributed by atoms with Gasteiger partial charge < -0.3 is 0 Å². The number of nitrogens with zero attached hydrogens (tertiary/aromatic N) is 1. The largest absolute Gasteiger partial charge is 0.277 e. The maximum absolute atomic E-state index is 10.7. The highest BCUT2D eigenvalue weighted by atomic mass is 32.2. The molecule has 0 saturated carbocycles. The van der Waals surface area contributed by atoms with E-state index >= 15 is 0 Å². The fraction of sp³-hybridized carbons (Fsp3) is 1.00. The summed E-state index contributed by atoms with van der Waals surface area (Å²) in [5.74, 6) is 0.595. The predicted octanol–water partition coefficient (Wildman–Crippen LogP) is -0.872. The van der Waals surface area contributed by atoms with Gasteiger partial charge in [0.05, 0.1) is 5.88 Å². The Morgan fingerprint density at radius 3 is 2.67 bits per heavy atom. The van der Waals surface area contributed by atoms with Crippen molar-refractivity contribution in [1.29, 1.82) is 0 Å². The molecule has 0 aromatic rings. The Labute approximate surface area is 58.4 Å². The van der Waals surface area contributed by atoms with E-state index in [2.05, 4.69) is 10.0 Å². The van der Waals surface area contributed by atoms with Crippen LogP contribution in [-0.2, 0) is 9.84 Å². The van der Waals surface area contributed by atoms with E-state index in [-0.39, 0.29) is 0 Å². The van der Waals surface area contributed by atoms with E-state index in [1.807, 2.05) is 0 Å². The predicted molar refractivity (Wildman–Crippen MR) is 36.4 cm³/mol. The van der Waals surface area contributed by atoms with Crippen molar-refractivity contribution in [2.45, 2.75) is 5.50 Å². The normalized spacial score (nSPS) is 28.8. The number of hydrogen-bond donors (Lipinski definition) is 1. The summed E-state index contributed by atoms with van der Waals surface area (Å²) >= 11 is 1.24. The third-order valence-corrected chi connectivity index (χ3v) is 2.77. The molecular weight excluding hydrogens is 160 g/mol. The van der Waals surface area contributed by atoms with Gasteiger partial charge in [-0.1, -0.05) is 0 Å². The van der Waals surface area contributed by atoms with E-state index in [1.54, 1.807) is 0 Å². The Bertz CT molecular complexity index is 182. The van der Waals surface area contributed by atoms with E-state index < -0.39 is 15.3 Å². The van der Waals surface area contributed by atoms with Gasteiger partial charge >= 0.3 is 0 Å². The molecule has 0 bridgehead atoms. The van der Waals surface area contributed by atoms with Crippen LogP contribution in [0, 0.1) is 0 Å². The molecule has 53 valence electrons. The third kappa shape index (κ3) is 1.82. The Morgan fingerprint density at radius 2 is 2.44 bits per heavy atom. The van der Waals surface area contributed by atoms with Crippen LogP contribution in [0.4, 0.5) is 0 Å². The van der Waals surface area contributed by atoms with Crippen LogP contribution >= 0.6 is 11.9 Å². The first-order valence-corrected chi connectivity index (χ1v) is 5.25. The minimum Gasteiger partial charge on any atom is -0.277 e. The smallest absolute Gasteiger partial charge is 0.189 e. The molecule has 6 heteroatoms. The topological polar surface area (TPSA) is 60.3 Å². The minimum absolute atomic E-state index is 0.595. The lowest BCUT2D eigenvalue weighted by molar-refractivity contribution is 0.569. The van der Waals surface area contributed by atoms with Gasteiger partial charge in [0.1, 0.15) is 0 Å². The summed E-state index contributed by atoms with van der Waals surface area (Å²) in [4.78, 5) is 0. The van der Waals surface area contributed by atoms with Crippen molar-refractivity contribution in [1.82, 2.24) is 10.0 Å². The molecule has 1 fully saturated rings. The van der Waals surface area contributed by atoms with Crippen LogP contribution in [0.3, 0.4) is 0 Å². The summed E-state index contributed by atoms with van der Waals surface area (Å²) in [5.41, 5.74) is -0.678. The maximum Gasteiger partial charge on any atom is 0.189 e. The quantitative estimate of drug-likeness (QED) is 0.516. The Hall–Kier alpha value is 0.220. The summed E-state index contributed by atoms with van der Waals surface area (Å²) in [6, 6.07) is 0. The number of sulfone groups is 1. The molecule has 9 heavy (non-hydrogen) atoms. The molecule has 1 N–H and O–H groups in total. The molecular formula is C3H7N2O2S2. The lowest BCUT2D eigenvalue weighted by Crippen LogP contribution is -2.34. The van der Waals surface area contributed by atoms with Crippen molar-refractivity contribution in [3.05, 3.63) is 0 Å². The van der Waals surface area contributed by atoms with Gasteiger partial charge in [-0.15, -0.1) is 4.72 Å². The van der Waals surface area contributed by atoms with Crippen molar-refractivity contribution in [2.75, 3.05) is 12.1 Å². The molecule has 0 spiro atoms. The molecule has 0 aromatic heterocycles. The number of hydrogen-bond acceptors (Lipinski definition) is 4. The average molecular weight is 167 g/mol. The highest BCUT2D eigenvalue weighted by Crippen LogP contribution is 2.08. The molecule has 1 aliphatic rings. The van der Waals surface area contributed by atoms with E-state index in [9.17, 15) is 8.42 Å². The third-order valence-electron chi connectivity index (χ3n) is 0.898. The Balaban J connectivity index is 2.63. The number of rotatable bonds is 1. The zero-order chi connectivity index (χ0) is 6.91. The summed E-state index contributed by atoms with van der Waals surface area (Å²) in [5, 5.41) is 2.70. The first-order valence-electron chi connectivity index (χ1n) is 2.35. The molecule has 1 heterocycles. The fourth-order valence-electron chi connectivity index (χ4n) is 0.480. The molecule has 1 saturated heterocycles. The molecule has 4 nitrogen and oxygen atoms in total. The molecule has 1 radical (unpaired) electrons. The van der Waals surface area contributed by atoms with Crippen molar-refractivity contribution < 1.29 is 8.42 Å². The van der Waals surface area contributed by atoms with E-state index in [4.69, 9.17) is 0 Å². The highest BCUT2D eigenvalue weighted by Gasteiger charge is 2.25. The van der Waals surface area contributed by atoms with Crippen molar-refractivity contribution in [3.63, 3.8) is 0 Å². The summed E-state index contributed by atoms with van der Waals surface area (Å²) in [7, 11) is -3.00. The van der Waals surface area contributed by atoms with Crippen LogP contribution in [0.15, 0.2) is 0 Å². The molecule has 0 aromatic carbocycles. The molecule has 0 amide bonds. The second-order valence-electron chi connectivity index (χ2n) is 1.76. The highest BCUT2D eigenvalue weighted by molar-refractivity contribution is 7.99. The minimum atomic E-state index is -3.00. The van der Waals surface area contributed by atoms with Crippen molar-refractivity contribution in [3.8, 4) is 0 Å². The standard InChI is InChI=1S/C3H7N2O2S2/c1-9(6,7)3-4-2-8-5-3/h3-4H,2H2,1H3. The van der Waals surface area contributed by atoms with Gasteiger partial charge in [0, 0.05) is 6.26 Å². The van der Waals surface area contributed by atoms with Crippen LogP contribution < -0.4 is 10.0 Å². The van der Waals surface area contributed by atoms with E-state index in [0.29, 0.717) is 5.88 Å². The zero-order valence-corrected chi connectivity index (χ0v) is 6.50. The van der Waals surface area contributed by atoms with Crippen LogP contribution in [0.1, 0.15) is 0 Å². The lowest BCUT2D eigenvalue weighted by atomic mass is 11.1. The molecule has 1 atom stereocenters. The van der Waals surface area contributed by atoms with Gasteiger partial charge in [0.25, 0.3) is 0 Å². The van der Waals surface area contributed by atoms with Gasteiger partial charge in [-0.2, -0.15) is 0 Å². The average Bonchev–Trinajstić information content (AvgIpc) is 2.08. The molecule has 1 unspecified atom stereocenters. The van der Waals surface area contributed by atoms with Crippen LogP contribution in [0.25, 0.3) is 0 Å². The summed E-state index contributed by atoms with van der Waals surface area (Å²) < 4.78 is 25.1. The first-order chi connectivity index (χ1) is 4.11. The molecule has 0 aliphatic carbocycles. The number of nitrogens with one attached hydrogen (secondary N) is 1. The monoisotopic (exact) mass is 167 g/mol. The summed E-state index contributed by atoms with van der Waals surface area (Å²) in [6.07, 6.45) is 1.17. The molecule has 1 rings (SSSR count). The zero-order valence-electron chi connectivity index (χ0n) is 4.86. The maximum atomic E-state index is 10.7. The van der Waals surface area contributed by atoms with Gasteiger partial charge in [-0.05, 0) is 11.9 Å². The van der Waals surface area contributed by atoms with Crippen molar-refractivity contribution in [2.24, 2.45) is 0 Å². The van der Waals surface area contributed by atoms with Crippen LogP contribution in [0.5, 0.6) is 0 Å². The van der Waals surface area contributed by atoms with Gasteiger partial charge in [-0.25, -0.2) is 8.42 Å². The van der Waals surface area contributed by atoms with E-state index in [1.165, 1.54) is 18.2 Å². The SMILES string of the molecule is CS(=O)(=O)C1[N]SCN1. The van der Waals surface area contributed by atoms with E-state index in [0.717, 1.165) is 0 Å². The second kappa shape index (κ2) is 2.45. The fourth-order valence-corrected chi connectivity index (χ4v) is 2.30.